The Kier molecular flexibility index (Phi) is 4.92. The van der Waals surface area contributed by atoms with Crippen LogP contribution < -0.4 is 5.32 Å². The largest absolute Gasteiger partial charge is 0.333 e. The van der Waals surface area contributed by atoms with Crippen molar-refractivity contribution in [1.29, 1.82) is 0 Å². The maximum Gasteiger partial charge on any atom is 0.156 e. The summed E-state index contributed by atoms with van der Waals surface area (Å²) in [5, 5.41) is 3.19. The second-order valence-corrected chi connectivity index (χ2v) is 8.11. The van der Waals surface area contributed by atoms with Crippen molar-refractivity contribution in [3.8, 4) is 0 Å². The molecule has 0 spiro atoms. The van der Waals surface area contributed by atoms with Crippen LogP contribution in [0.4, 0.5) is 0 Å². The molecule has 104 valence electrons. The Labute approximate surface area is 110 Å². The van der Waals surface area contributed by atoms with Crippen molar-refractivity contribution in [2.45, 2.75) is 45.5 Å². The fraction of sp³-hybridized carbons (Fsp3) is 0.750. The first-order chi connectivity index (χ1) is 8.28. The van der Waals surface area contributed by atoms with Crippen molar-refractivity contribution >= 4 is 9.84 Å². The zero-order valence-electron chi connectivity index (χ0n) is 11.6. The number of hydrogen-bond acceptors (Lipinski definition) is 4. The predicted molar refractivity (Wildman–Crippen MR) is 73.1 cm³/mol. The zero-order chi connectivity index (χ0) is 13.8. The molecule has 6 heteroatoms. The summed E-state index contributed by atoms with van der Waals surface area (Å²) < 4.78 is 25.2. The summed E-state index contributed by atoms with van der Waals surface area (Å²) in [5.41, 5.74) is 0. The van der Waals surface area contributed by atoms with Gasteiger partial charge >= 0.3 is 0 Å². The Bertz CT molecular complexity index is 472. The molecule has 1 N–H and O–H groups in total. The van der Waals surface area contributed by atoms with E-state index in [4.69, 9.17) is 0 Å². The van der Waals surface area contributed by atoms with Crippen molar-refractivity contribution in [1.82, 2.24) is 14.9 Å². The molecule has 0 aliphatic carbocycles. The number of imidazole rings is 1. The van der Waals surface area contributed by atoms with E-state index in [2.05, 4.69) is 10.3 Å². The van der Waals surface area contributed by atoms with Crippen LogP contribution in [-0.2, 0) is 22.9 Å². The van der Waals surface area contributed by atoms with E-state index in [9.17, 15) is 8.42 Å². The molecule has 1 rings (SSSR count). The summed E-state index contributed by atoms with van der Waals surface area (Å²) in [5.74, 6) is 1.02. The highest BCUT2D eigenvalue weighted by molar-refractivity contribution is 7.92. The van der Waals surface area contributed by atoms with Gasteiger partial charge in [-0.1, -0.05) is 6.92 Å². The molecule has 0 unspecified atom stereocenters. The van der Waals surface area contributed by atoms with Crippen LogP contribution in [0.3, 0.4) is 0 Å². The van der Waals surface area contributed by atoms with Crippen LogP contribution in [0.1, 0.15) is 33.5 Å². The van der Waals surface area contributed by atoms with E-state index < -0.39 is 14.6 Å². The topological polar surface area (TPSA) is 64.0 Å². The molecular weight excluding hydrogens is 250 g/mol. The van der Waals surface area contributed by atoms with Gasteiger partial charge in [-0.2, -0.15) is 0 Å². The predicted octanol–water partition coefficient (Wildman–Crippen LogP) is 1.21. The molecule has 1 aromatic heterocycles. The lowest BCUT2D eigenvalue weighted by Crippen LogP contribution is -2.32. The Balaban J connectivity index is 2.67. The lowest BCUT2D eigenvalue weighted by molar-refractivity contribution is 0.550. The molecule has 0 aromatic carbocycles. The number of hydrogen-bond donors (Lipinski definition) is 1. The molecule has 0 saturated heterocycles. The van der Waals surface area contributed by atoms with Gasteiger partial charge in [0.15, 0.2) is 9.84 Å². The Morgan fingerprint density at radius 1 is 1.39 bits per heavy atom. The highest BCUT2D eigenvalue weighted by Crippen LogP contribution is 2.16. The van der Waals surface area contributed by atoms with Gasteiger partial charge in [-0.05, 0) is 27.3 Å². The third kappa shape index (κ3) is 3.81. The summed E-state index contributed by atoms with van der Waals surface area (Å²) in [4.78, 5) is 4.22. The van der Waals surface area contributed by atoms with Crippen molar-refractivity contribution in [3.63, 3.8) is 0 Å². The van der Waals surface area contributed by atoms with Crippen molar-refractivity contribution in [2.24, 2.45) is 0 Å². The molecule has 18 heavy (non-hydrogen) atoms. The average molecular weight is 273 g/mol. The fourth-order valence-electron chi connectivity index (χ4n) is 1.47. The first kappa shape index (κ1) is 15.2. The Morgan fingerprint density at radius 3 is 2.61 bits per heavy atom. The average Bonchev–Trinajstić information content (AvgIpc) is 2.69. The standard InChI is InChI=1S/C12H23N3O2S/c1-5-13-10-11-14-6-7-15(11)8-9-18(16,17)12(2,3)4/h6-7,13H,5,8-10H2,1-4H3. The van der Waals surface area contributed by atoms with E-state index in [1.807, 2.05) is 17.7 Å². The van der Waals surface area contributed by atoms with Gasteiger partial charge in [-0.15, -0.1) is 0 Å². The van der Waals surface area contributed by atoms with Crippen molar-refractivity contribution in [3.05, 3.63) is 18.2 Å². The first-order valence-corrected chi connectivity index (χ1v) is 7.86. The number of nitrogens with zero attached hydrogens (tertiary/aromatic N) is 2. The van der Waals surface area contributed by atoms with E-state index in [1.54, 1.807) is 27.0 Å². The molecule has 0 aliphatic heterocycles. The molecule has 1 aromatic rings. The third-order valence-electron chi connectivity index (χ3n) is 2.87. The van der Waals surface area contributed by atoms with Gasteiger partial charge in [0.05, 0.1) is 17.0 Å². The summed E-state index contributed by atoms with van der Waals surface area (Å²) in [6, 6.07) is 0. The lowest BCUT2D eigenvalue weighted by Gasteiger charge is -2.19. The molecule has 0 bridgehead atoms. The summed E-state index contributed by atoms with van der Waals surface area (Å²) in [6.07, 6.45) is 3.53. The van der Waals surface area contributed by atoms with Crippen LogP contribution in [-0.4, -0.2) is 35.0 Å². The summed E-state index contributed by atoms with van der Waals surface area (Å²) in [6.45, 7) is 9.21. The maximum atomic E-state index is 12.0. The lowest BCUT2D eigenvalue weighted by atomic mass is 10.3. The van der Waals surface area contributed by atoms with Gasteiger partial charge in [0.1, 0.15) is 5.82 Å². The number of sulfone groups is 1. The van der Waals surface area contributed by atoms with Crippen LogP contribution in [0.25, 0.3) is 0 Å². The minimum absolute atomic E-state index is 0.145. The quantitative estimate of drug-likeness (QED) is 0.846. The molecule has 0 radical (unpaired) electrons. The SMILES string of the molecule is CCNCc1nccn1CCS(=O)(=O)C(C)(C)C. The first-order valence-electron chi connectivity index (χ1n) is 6.21. The highest BCUT2D eigenvalue weighted by Gasteiger charge is 2.28. The smallest absolute Gasteiger partial charge is 0.156 e. The molecule has 0 aliphatic rings. The third-order valence-corrected chi connectivity index (χ3v) is 5.45. The molecule has 0 fully saturated rings. The number of aryl methyl sites for hydroxylation is 1. The Hall–Kier alpha value is -0.880. The van der Waals surface area contributed by atoms with E-state index >= 15 is 0 Å². The zero-order valence-corrected chi connectivity index (χ0v) is 12.4. The second-order valence-electron chi connectivity index (χ2n) is 5.25. The van der Waals surface area contributed by atoms with E-state index in [-0.39, 0.29) is 5.75 Å². The highest BCUT2D eigenvalue weighted by atomic mass is 32.2. The van der Waals surface area contributed by atoms with Crippen molar-refractivity contribution in [2.75, 3.05) is 12.3 Å². The minimum atomic E-state index is -3.08. The molecule has 0 atom stereocenters. The van der Waals surface area contributed by atoms with Crippen LogP contribution >= 0.6 is 0 Å². The number of aromatic nitrogens is 2. The second kappa shape index (κ2) is 5.84. The van der Waals surface area contributed by atoms with Gasteiger partial charge in [-0.25, -0.2) is 13.4 Å². The Morgan fingerprint density at radius 2 is 2.06 bits per heavy atom. The fourth-order valence-corrected chi connectivity index (χ4v) is 2.52. The molecule has 0 saturated carbocycles. The van der Waals surface area contributed by atoms with E-state index in [0.29, 0.717) is 13.1 Å². The number of rotatable bonds is 6. The van der Waals surface area contributed by atoms with Crippen LogP contribution in [0, 0.1) is 0 Å². The maximum absolute atomic E-state index is 12.0. The van der Waals surface area contributed by atoms with Crippen LogP contribution in [0.2, 0.25) is 0 Å². The molecule has 1 heterocycles. The van der Waals surface area contributed by atoms with Crippen molar-refractivity contribution < 1.29 is 8.42 Å². The summed E-state index contributed by atoms with van der Waals surface area (Å²) in [7, 11) is -3.08. The van der Waals surface area contributed by atoms with Crippen LogP contribution in [0.5, 0.6) is 0 Å². The van der Waals surface area contributed by atoms with E-state index in [0.717, 1.165) is 12.4 Å². The number of nitrogens with one attached hydrogen (secondary N) is 1. The van der Waals surface area contributed by atoms with Gasteiger partial charge in [-0.3, -0.25) is 0 Å². The molecule has 5 nitrogen and oxygen atoms in total. The normalized spacial score (nSPS) is 12.9. The van der Waals surface area contributed by atoms with Gasteiger partial charge in [0, 0.05) is 18.9 Å². The summed E-state index contributed by atoms with van der Waals surface area (Å²) >= 11 is 0. The molecular formula is C12H23N3O2S. The van der Waals surface area contributed by atoms with E-state index in [1.165, 1.54) is 0 Å². The van der Waals surface area contributed by atoms with Gasteiger partial charge in [0.25, 0.3) is 0 Å². The van der Waals surface area contributed by atoms with Gasteiger partial charge < -0.3 is 9.88 Å². The minimum Gasteiger partial charge on any atom is -0.333 e. The molecule has 0 amide bonds. The monoisotopic (exact) mass is 273 g/mol. The van der Waals surface area contributed by atoms with Crippen LogP contribution in [0.15, 0.2) is 12.4 Å². The van der Waals surface area contributed by atoms with Gasteiger partial charge in [0.2, 0.25) is 0 Å².